The van der Waals surface area contributed by atoms with E-state index < -0.39 is 16.4 Å². The van der Waals surface area contributed by atoms with Gasteiger partial charge in [-0.2, -0.15) is 8.42 Å². The first-order valence-corrected chi connectivity index (χ1v) is 7.55. The number of carbonyl (C=O) groups excluding carboxylic acids is 1. The molecule has 11 heteroatoms. The van der Waals surface area contributed by atoms with Crippen molar-refractivity contribution in [3.63, 3.8) is 0 Å². The summed E-state index contributed by atoms with van der Waals surface area (Å²) in [5, 5.41) is 9.04. The van der Waals surface area contributed by atoms with Crippen molar-refractivity contribution >= 4 is 16.4 Å². The highest BCUT2D eigenvalue weighted by molar-refractivity contribution is 7.81. The Morgan fingerprint density at radius 3 is 2.95 bits per heavy atom. The van der Waals surface area contributed by atoms with Crippen LogP contribution >= 0.6 is 0 Å². The molecule has 0 unspecified atom stereocenters. The highest BCUT2D eigenvalue weighted by Gasteiger charge is 2.25. The van der Waals surface area contributed by atoms with Crippen molar-refractivity contribution in [2.75, 3.05) is 11.6 Å². The summed E-state index contributed by atoms with van der Waals surface area (Å²) in [7, 11) is -5.17. The molecule has 1 aliphatic heterocycles. The van der Waals surface area contributed by atoms with Gasteiger partial charge in [0.25, 0.3) is 5.91 Å². The number of halogens is 1. The van der Waals surface area contributed by atoms with Crippen LogP contribution in [-0.2, 0) is 16.9 Å². The first-order valence-electron chi connectivity index (χ1n) is 6.24. The van der Waals surface area contributed by atoms with E-state index in [4.69, 9.17) is 0 Å². The van der Waals surface area contributed by atoms with Crippen LogP contribution in [0.4, 0.5) is 3.89 Å². The van der Waals surface area contributed by atoms with Crippen LogP contribution in [0.2, 0.25) is 0 Å². The second kappa shape index (κ2) is 5.33. The van der Waals surface area contributed by atoms with Crippen LogP contribution in [0.25, 0.3) is 0 Å². The molecule has 0 atom stereocenters. The van der Waals surface area contributed by atoms with Gasteiger partial charge in [-0.15, -0.1) is 10.2 Å². The van der Waals surface area contributed by atoms with Crippen molar-refractivity contribution < 1.29 is 21.3 Å². The quantitative estimate of drug-likeness (QED) is 0.730. The molecule has 0 aliphatic carbocycles. The van der Waals surface area contributed by atoms with E-state index in [9.17, 15) is 17.1 Å². The van der Waals surface area contributed by atoms with E-state index in [1.54, 1.807) is 0 Å². The summed E-state index contributed by atoms with van der Waals surface area (Å²) in [6, 6.07) is 1.10. The van der Waals surface area contributed by atoms with Gasteiger partial charge >= 0.3 is 10.5 Å². The highest BCUT2D eigenvalue weighted by atomic mass is 32.3. The Labute approximate surface area is 124 Å². The Morgan fingerprint density at radius 2 is 2.18 bits per heavy atom. The Kier molecular flexibility index (Phi) is 3.48. The maximum atomic E-state index is 12.5. The van der Waals surface area contributed by atoms with Crippen LogP contribution in [0.3, 0.4) is 0 Å². The molecule has 1 amide bonds. The topological polar surface area (TPSA) is 107 Å². The van der Waals surface area contributed by atoms with Gasteiger partial charge in [0.15, 0.2) is 11.6 Å². The summed E-state index contributed by atoms with van der Waals surface area (Å²) in [6.45, 7) is 0.441. The number of nitrogens with zero attached hydrogens (tertiary/aromatic N) is 5. The molecule has 116 valence electrons. The molecular formula is C11H10FN5O4S. The van der Waals surface area contributed by atoms with Gasteiger partial charge in [0.1, 0.15) is 6.33 Å². The summed E-state index contributed by atoms with van der Waals surface area (Å²) in [5.41, 5.74) is 0.0581. The average Bonchev–Trinajstić information content (AvgIpc) is 2.93. The van der Waals surface area contributed by atoms with Crippen molar-refractivity contribution in [3.8, 4) is 5.75 Å². The van der Waals surface area contributed by atoms with E-state index in [0.717, 1.165) is 12.3 Å². The van der Waals surface area contributed by atoms with Crippen LogP contribution < -0.4 is 9.19 Å². The highest BCUT2D eigenvalue weighted by Crippen LogP contribution is 2.17. The molecule has 2 aromatic rings. The largest absolute Gasteiger partial charge is 0.488 e. The number of hydrogen-bond donors (Lipinski definition) is 0. The van der Waals surface area contributed by atoms with Crippen LogP contribution in [0.1, 0.15) is 22.6 Å². The fourth-order valence-electron chi connectivity index (χ4n) is 2.16. The summed E-state index contributed by atoms with van der Waals surface area (Å²) in [6.07, 6.45) is 5.05. The van der Waals surface area contributed by atoms with Gasteiger partial charge in [0.05, 0.1) is 11.8 Å². The molecule has 3 heterocycles. The average molecular weight is 327 g/mol. The lowest BCUT2D eigenvalue weighted by Gasteiger charge is -2.27. The van der Waals surface area contributed by atoms with Crippen LogP contribution in [0.5, 0.6) is 5.75 Å². The minimum atomic E-state index is -5.17. The molecule has 0 radical (unpaired) electrons. The zero-order chi connectivity index (χ0) is 15.7. The first kappa shape index (κ1) is 14.4. The molecule has 0 bridgehead atoms. The number of rotatable bonds is 3. The van der Waals surface area contributed by atoms with Crippen molar-refractivity contribution in [2.45, 2.75) is 12.8 Å². The van der Waals surface area contributed by atoms with Gasteiger partial charge in [-0.05, 0) is 12.5 Å². The summed E-state index contributed by atoms with van der Waals surface area (Å²) >= 11 is 0. The van der Waals surface area contributed by atoms with Gasteiger partial charge in [0, 0.05) is 19.2 Å². The number of amides is 1. The zero-order valence-corrected chi connectivity index (χ0v) is 11.9. The second-order valence-electron chi connectivity index (χ2n) is 4.51. The van der Waals surface area contributed by atoms with E-state index in [0.29, 0.717) is 25.2 Å². The van der Waals surface area contributed by atoms with Crippen molar-refractivity contribution in [3.05, 3.63) is 36.2 Å². The minimum Gasteiger partial charge on any atom is -0.357 e. The van der Waals surface area contributed by atoms with Gasteiger partial charge < -0.3 is 4.18 Å². The zero-order valence-electron chi connectivity index (χ0n) is 11.1. The maximum absolute atomic E-state index is 12.5. The number of hydrogen-bond acceptors (Lipinski definition) is 7. The Hall–Kier alpha value is -2.56. The summed E-state index contributed by atoms with van der Waals surface area (Å²) in [5.74, 6) is -0.185. The third kappa shape index (κ3) is 2.88. The number of fused-ring (bicyclic) bond motifs is 1. The Morgan fingerprint density at radius 1 is 1.36 bits per heavy atom. The summed E-state index contributed by atoms with van der Waals surface area (Å²) in [4.78, 5) is 16.2. The number of carbonyl (C=O) groups is 1. The van der Waals surface area contributed by atoms with E-state index in [2.05, 4.69) is 19.4 Å². The molecule has 3 rings (SSSR count). The molecule has 0 aromatic carbocycles. The van der Waals surface area contributed by atoms with Crippen molar-refractivity contribution in [2.24, 2.45) is 0 Å². The molecule has 0 saturated carbocycles. The SMILES string of the molecule is O=C(c1cncc(OS(=O)(=O)F)c1)N1CCCc2nncn21. The van der Waals surface area contributed by atoms with Crippen LogP contribution in [0, 0.1) is 0 Å². The van der Waals surface area contributed by atoms with E-state index >= 15 is 0 Å². The molecule has 2 aromatic heterocycles. The lowest BCUT2D eigenvalue weighted by Crippen LogP contribution is -2.44. The number of aryl methyl sites for hydroxylation is 1. The fourth-order valence-corrected chi connectivity index (χ4v) is 2.48. The molecule has 0 fully saturated rings. The van der Waals surface area contributed by atoms with E-state index in [1.807, 2.05) is 0 Å². The smallest absolute Gasteiger partial charge is 0.357 e. The minimum absolute atomic E-state index is 0.0581. The molecule has 0 spiro atoms. The monoisotopic (exact) mass is 327 g/mol. The van der Waals surface area contributed by atoms with E-state index in [1.165, 1.54) is 22.2 Å². The third-order valence-electron chi connectivity index (χ3n) is 3.02. The van der Waals surface area contributed by atoms with E-state index in [-0.39, 0.29) is 11.3 Å². The third-order valence-corrected chi connectivity index (χ3v) is 3.41. The first-order chi connectivity index (χ1) is 10.4. The fraction of sp³-hybridized carbons (Fsp3) is 0.273. The molecule has 22 heavy (non-hydrogen) atoms. The molecule has 0 N–H and O–H groups in total. The number of pyridine rings is 1. The van der Waals surface area contributed by atoms with Crippen molar-refractivity contribution in [1.29, 1.82) is 0 Å². The van der Waals surface area contributed by atoms with Crippen LogP contribution in [0.15, 0.2) is 24.8 Å². The lowest BCUT2D eigenvalue weighted by atomic mass is 10.2. The van der Waals surface area contributed by atoms with Gasteiger partial charge in [-0.25, -0.2) is 9.69 Å². The van der Waals surface area contributed by atoms with Gasteiger partial charge in [-0.1, -0.05) is 3.89 Å². The molecular weight excluding hydrogens is 317 g/mol. The van der Waals surface area contributed by atoms with Gasteiger partial charge in [-0.3, -0.25) is 9.78 Å². The predicted octanol–water partition coefficient (Wildman–Crippen LogP) is -0.00920. The standard InChI is InChI=1S/C11H10FN5O4S/c12-22(19,20)21-9-4-8(5-13-6-9)11(18)16-3-1-2-10-15-14-7-17(10)16/h4-7H,1-3H2. The normalized spacial score (nSPS) is 14.5. The predicted molar refractivity (Wildman–Crippen MR) is 70.7 cm³/mol. The van der Waals surface area contributed by atoms with Crippen molar-refractivity contribution in [1.82, 2.24) is 19.9 Å². The molecule has 1 aliphatic rings. The van der Waals surface area contributed by atoms with Crippen LogP contribution in [-0.4, -0.2) is 40.7 Å². The second-order valence-corrected chi connectivity index (χ2v) is 5.46. The van der Waals surface area contributed by atoms with Gasteiger partial charge in [0.2, 0.25) is 0 Å². The maximum Gasteiger partial charge on any atom is 0.488 e. The Balaban J connectivity index is 1.89. The summed E-state index contributed by atoms with van der Waals surface area (Å²) < 4.78 is 39.1. The molecule has 0 saturated heterocycles. The number of aromatic nitrogens is 4. The Bertz CT molecular complexity index is 821. The molecule has 9 nitrogen and oxygen atoms in total. The lowest BCUT2D eigenvalue weighted by molar-refractivity contribution is 0.0951.